The maximum atomic E-state index is 12.6. The zero-order valence-corrected chi connectivity index (χ0v) is 15.9. The molecule has 0 atom stereocenters. The van der Waals surface area contributed by atoms with Crippen molar-refractivity contribution in [3.63, 3.8) is 0 Å². The molecule has 0 aromatic heterocycles. The molecule has 7 heteroatoms. The number of nitrogens with two attached hydrogens (primary N) is 1. The first-order valence-corrected chi connectivity index (χ1v) is 9.59. The van der Waals surface area contributed by atoms with Crippen LogP contribution in [0.5, 0.6) is 0 Å². The van der Waals surface area contributed by atoms with Crippen LogP contribution < -0.4 is 10.6 Å². The van der Waals surface area contributed by atoms with Crippen LogP contribution in [0.2, 0.25) is 0 Å². The lowest BCUT2D eigenvalue weighted by Gasteiger charge is -2.38. The fourth-order valence-electron chi connectivity index (χ4n) is 3.79. The van der Waals surface area contributed by atoms with Crippen molar-refractivity contribution in [1.29, 1.82) is 0 Å². The Kier molecular flexibility index (Phi) is 6.11. The van der Waals surface area contributed by atoms with Gasteiger partial charge in [-0.2, -0.15) is 0 Å². The number of likely N-dealkylation sites (tertiary alicyclic amines) is 1. The monoisotopic (exact) mass is 372 g/mol. The third kappa shape index (κ3) is 4.86. The highest BCUT2D eigenvalue weighted by Crippen LogP contribution is 2.19. The van der Waals surface area contributed by atoms with Crippen LogP contribution >= 0.6 is 0 Å². The van der Waals surface area contributed by atoms with Gasteiger partial charge in [0.2, 0.25) is 11.8 Å². The Morgan fingerprint density at radius 3 is 2.07 bits per heavy atom. The Bertz CT molecular complexity index is 688. The van der Waals surface area contributed by atoms with Crippen molar-refractivity contribution in [2.45, 2.75) is 19.8 Å². The number of ketones is 1. The maximum absolute atomic E-state index is 12.6. The maximum Gasteiger partial charge on any atom is 0.236 e. The van der Waals surface area contributed by atoms with Gasteiger partial charge in [-0.05, 0) is 57.1 Å². The zero-order valence-electron chi connectivity index (χ0n) is 15.9. The molecular formula is C20H28N4O3. The minimum atomic E-state index is -0.228. The van der Waals surface area contributed by atoms with Gasteiger partial charge in [-0.25, -0.2) is 0 Å². The number of hydrogen-bond donors (Lipinski definition) is 1. The molecule has 146 valence electrons. The summed E-state index contributed by atoms with van der Waals surface area (Å²) < 4.78 is 0. The minimum Gasteiger partial charge on any atom is -0.369 e. The highest BCUT2D eigenvalue weighted by molar-refractivity contribution is 5.94. The quantitative estimate of drug-likeness (QED) is 0.770. The summed E-state index contributed by atoms with van der Waals surface area (Å²) in [6.45, 7) is 6.46. The fraction of sp³-hybridized carbons (Fsp3) is 0.550. The number of carbonyl (C=O) groups is 3. The molecule has 2 N–H and O–H groups in total. The molecule has 2 amide bonds. The van der Waals surface area contributed by atoms with Gasteiger partial charge in [0.25, 0.3) is 0 Å². The van der Waals surface area contributed by atoms with Gasteiger partial charge < -0.3 is 15.5 Å². The highest BCUT2D eigenvalue weighted by Gasteiger charge is 2.27. The molecule has 7 nitrogen and oxygen atoms in total. The Balaban J connectivity index is 1.45. The van der Waals surface area contributed by atoms with Crippen molar-refractivity contribution < 1.29 is 14.4 Å². The van der Waals surface area contributed by atoms with E-state index in [0.717, 1.165) is 44.7 Å². The Morgan fingerprint density at radius 1 is 0.963 bits per heavy atom. The van der Waals surface area contributed by atoms with Crippen LogP contribution in [0, 0.1) is 5.92 Å². The number of carbonyl (C=O) groups excluding carboxylic acids is 3. The molecule has 1 aromatic carbocycles. The average Bonchev–Trinajstić information content (AvgIpc) is 2.68. The van der Waals surface area contributed by atoms with E-state index in [-0.39, 0.29) is 23.5 Å². The van der Waals surface area contributed by atoms with Crippen molar-refractivity contribution in [3.8, 4) is 0 Å². The molecule has 2 heterocycles. The number of piperidine rings is 1. The normalized spacial score (nSPS) is 19.1. The number of anilines is 1. The lowest BCUT2D eigenvalue weighted by atomic mass is 9.96. The molecule has 0 spiro atoms. The van der Waals surface area contributed by atoms with E-state index in [2.05, 4.69) is 9.80 Å². The zero-order chi connectivity index (χ0) is 19.4. The van der Waals surface area contributed by atoms with E-state index < -0.39 is 0 Å². The van der Waals surface area contributed by atoms with Crippen LogP contribution in [0.4, 0.5) is 5.69 Å². The lowest BCUT2D eigenvalue weighted by Crippen LogP contribution is -2.52. The van der Waals surface area contributed by atoms with Crippen molar-refractivity contribution in [3.05, 3.63) is 29.8 Å². The summed E-state index contributed by atoms with van der Waals surface area (Å²) in [4.78, 5) is 41.5. The molecule has 2 aliphatic heterocycles. The molecule has 2 saturated heterocycles. The summed E-state index contributed by atoms with van der Waals surface area (Å²) in [5.41, 5.74) is 7.16. The predicted molar refractivity (Wildman–Crippen MR) is 104 cm³/mol. The van der Waals surface area contributed by atoms with Gasteiger partial charge in [0.1, 0.15) is 0 Å². The van der Waals surface area contributed by atoms with E-state index in [1.807, 2.05) is 29.2 Å². The van der Waals surface area contributed by atoms with E-state index >= 15 is 0 Å². The molecule has 1 aromatic rings. The first-order valence-electron chi connectivity index (χ1n) is 9.59. The first-order chi connectivity index (χ1) is 12.9. The van der Waals surface area contributed by atoms with Gasteiger partial charge in [0, 0.05) is 43.3 Å². The van der Waals surface area contributed by atoms with Crippen molar-refractivity contribution in [2.24, 2.45) is 11.7 Å². The summed E-state index contributed by atoms with van der Waals surface area (Å²) in [5.74, 6) is -0.0568. The lowest BCUT2D eigenvalue weighted by molar-refractivity contribution is -0.133. The van der Waals surface area contributed by atoms with E-state index in [4.69, 9.17) is 5.73 Å². The third-order valence-electron chi connectivity index (χ3n) is 5.62. The van der Waals surface area contributed by atoms with Crippen molar-refractivity contribution >= 4 is 23.3 Å². The molecule has 0 aliphatic carbocycles. The number of amides is 2. The van der Waals surface area contributed by atoms with E-state index in [0.29, 0.717) is 25.2 Å². The van der Waals surface area contributed by atoms with Crippen LogP contribution in [0.1, 0.15) is 30.1 Å². The summed E-state index contributed by atoms with van der Waals surface area (Å²) in [6.07, 6.45) is 1.49. The third-order valence-corrected chi connectivity index (χ3v) is 5.62. The van der Waals surface area contributed by atoms with Gasteiger partial charge >= 0.3 is 0 Å². The van der Waals surface area contributed by atoms with E-state index in [1.54, 1.807) is 6.92 Å². The van der Waals surface area contributed by atoms with E-state index in [1.165, 1.54) is 0 Å². The second-order valence-electron chi connectivity index (χ2n) is 7.42. The summed E-state index contributed by atoms with van der Waals surface area (Å²) in [6, 6.07) is 7.64. The van der Waals surface area contributed by atoms with Crippen LogP contribution in [-0.4, -0.2) is 73.2 Å². The SMILES string of the molecule is CC(=O)c1ccc(N2CCN(C(=O)CN3CCC(C(N)=O)CC3)CC2)cc1. The van der Waals surface area contributed by atoms with Crippen LogP contribution in [0.3, 0.4) is 0 Å². The molecule has 3 rings (SSSR count). The van der Waals surface area contributed by atoms with Crippen LogP contribution in [-0.2, 0) is 9.59 Å². The number of benzene rings is 1. The number of hydrogen-bond acceptors (Lipinski definition) is 5. The van der Waals surface area contributed by atoms with Gasteiger partial charge in [-0.15, -0.1) is 0 Å². The smallest absolute Gasteiger partial charge is 0.236 e. The van der Waals surface area contributed by atoms with Crippen LogP contribution in [0.25, 0.3) is 0 Å². The van der Waals surface area contributed by atoms with Crippen molar-refractivity contribution in [1.82, 2.24) is 9.80 Å². The number of primary amides is 1. The number of Topliss-reactive ketones (excluding diaryl/α,β-unsaturated/α-hetero) is 1. The van der Waals surface area contributed by atoms with E-state index in [9.17, 15) is 14.4 Å². The molecule has 0 radical (unpaired) electrons. The molecule has 0 unspecified atom stereocenters. The molecule has 0 saturated carbocycles. The summed E-state index contributed by atoms with van der Waals surface area (Å²) in [7, 11) is 0. The molecule has 2 fully saturated rings. The van der Waals surface area contributed by atoms with Gasteiger partial charge in [0.05, 0.1) is 6.54 Å². The Morgan fingerprint density at radius 2 is 1.56 bits per heavy atom. The minimum absolute atomic E-state index is 0.0470. The molecular weight excluding hydrogens is 344 g/mol. The predicted octanol–water partition coefficient (Wildman–Crippen LogP) is 0.735. The van der Waals surface area contributed by atoms with Gasteiger partial charge in [0.15, 0.2) is 5.78 Å². The largest absolute Gasteiger partial charge is 0.369 e. The van der Waals surface area contributed by atoms with Gasteiger partial charge in [-0.3, -0.25) is 19.3 Å². The van der Waals surface area contributed by atoms with Crippen molar-refractivity contribution in [2.75, 3.05) is 50.7 Å². The first kappa shape index (κ1) is 19.4. The topological polar surface area (TPSA) is 87.0 Å². The summed E-state index contributed by atoms with van der Waals surface area (Å²) in [5, 5.41) is 0. The standard InChI is InChI=1S/C20H28N4O3/c1-15(25)16-2-4-18(5-3-16)23-10-12-24(13-11-23)19(26)14-22-8-6-17(7-9-22)20(21)27/h2-5,17H,6-14H2,1H3,(H2,21,27). The Labute approximate surface area is 160 Å². The van der Waals surface area contributed by atoms with Gasteiger partial charge in [-0.1, -0.05) is 0 Å². The number of nitrogens with zero attached hydrogens (tertiary/aromatic N) is 3. The second kappa shape index (κ2) is 8.52. The molecule has 2 aliphatic rings. The molecule has 0 bridgehead atoms. The Hall–Kier alpha value is -2.41. The molecule has 27 heavy (non-hydrogen) atoms. The second-order valence-corrected chi connectivity index (χ2v) is 7.42. The number of rotatable bonds is 5. The summed E-state index contributed by atoms with van der Waals surface area (Å²) >= 11 is 0. The fourth-order valence-corrected chi connectivity index (χ4v) is 3.79. The highest BCUT2D eigenvalue weighted by atomic mass is 16.2. The van der Waals surface area contributed by atoms with Crippen LogP contribution in [0.15, 0.2) is 24.3 Å². The average molecular weight is 372 g/mol. The number of piperazine rings is 1.